The van der Waals surface area contributed by atoms with Crippen molar-refractivity contribution >= 4 is 44.8 Å². The van der Waals surface area contributed by atoms with Crippen molar-refractivity contribution in [3.8, 4) is 11.4 Å². The number of aromatic nitrogens is 2. The van der Waals surface area contributed by atoms with Crippen molar-refractivity contribution in [3.05, 3.63) is 44.6 Å². The Morgan fingerprint density at radius 3 is 2.81 bits per heavy atom. The summed E-state index contributed by atoms with van der Waals surface area (Å²) >= 11 is 13.7. The lowest BCUT2D eigenvalue weighted by Gasteiger charge is -2.04. The second-order valence-electron chi connectivity index (χ2n) is 5.00. The number of fused-ring (bicyclic) bond motifs is 3. The van der Waals surface area contributed by atoms with E-state index in [0.717, 1.165) is 29.5 Å². The standard InChI is InChI=1S/C15H9Cl2FN2S/c16-7-4-5-8(10(18)6-7)14-19-13(17)12-9-2-1-3-11(9)21-15(12)20-14/h4-6H,1-3H2. The minimum absolute atomic E-state index is 0.307. The average molecular weight is 339 g/mol. The van der Waals surface area contributed by atoms with Gasteiger partial charge in [0.2, 0.25) is 0 Å². The summed E-state index contributed by atoms with van der Waals surface area (Å²) in [5.74, 6) is -0.136. The zero-order valence-corrected chi connectivity index (χ0v) is 13.1. The van der Waals surface area contributed by atoms with Crippen LogP contribution in [0.2, 0.25) is 10.2 Å². The first kappa shape index (κ1) is 13.4. The van der Waals surface area contributed by atoms with Crippen LogP contribution in [0.25, 0.3) is 21.6 Å². The summed E-state index contributed by atoms with van der Waals surface area (Å²) in [6.45, 7) is 0. The maximum atomic E-state index is 14.0. The largest absolute Gasteiger partial charge is 0.217 e. The van der Waals surface area contributed by atoms with Gasteiger partial charge in [-0.2, -0.15) is 0 Å². The molecule has 2 aromatic heterocycles. The summed E-state index contributed by atoms with van der Waals surface area (Å²) in [5, 5.41) is 1.69. The van der Waals surface area contributed by atoms with Crippen LogP contribution in [0.1, 0.15) is 16.9 Å². The van der Waals surface area contributed by atoms with Crippen molar-refractivity contribution in [1.29, 1.82) is 0 Å². The van der Waals surface area contributed by atoms with Crippen LogP contribution in [-0.2, 0) is 12.8 Å². The number of halogens is 3. The van der Waals surface area contributed by atoms with Crippen LogP contribution in [0.5, 0.6) is 0 Å². The fourth-order valence-electron chi connectivity index (χ4n) is 2.74. The lowest BCUT2D eigenvalue weighted by Crippen LogP contribution is -1.93. The first-order chi connectivity index (χ1) is 10.1. The Kier molecular flexibility index (Phi) is 3.14. The van der Waals surface area contributed by atoms with Gasteiger partial charge >= 0.3 is 0 Å². The smallest absolute Gasteiger partial charge is 0.165 e. The zero-order chi connectivity index (χ0) is 14.6. The van der Waals surface area contributed by atoms with Crippen molar-refractivity contribution in [2.24, 2.45) is 0 Å². The van der Waals surface area contributed by atoms with E-state index >= 15 is 0 Å². The topological polar surface area (TPSA) is 25.8 Å². The molecule has 2 nitrogen and oxygen atoms in total. The Morgan fingerprint density at radius 2 is 2.00 bits per heavy atom. The Hall–Kier alpha value is -1.23. The van der Waals surface area contributed by atoms with Gasteiger partial charge in [0.1, 0.15) is 15.8 Å². The SMILES string of the molecule is Fc1cc(Cl)ccc1-c1nc(Cl)c2c3c(sc2n1)CCC3. The van der Waals surface area contributed by atoms with Crippen LogP contribution >= 0.6 is 34.5 Å². The predicted octanol–water partition coefficient (Wildman–Crippen LogP) is 5.29. The van der Waals surface area contributed by atoms with Gasteiger partial charge < -0.3 is 0 Å². The van der Waals surface area contributed by atoms with E-state index in [1.165, 1.54) is 16.5 Å². The Labute approximate surface area is 134 Å². The van der Waals surface area contributed by atoms with Crippen molar-refractivity contribution in [3.63, 3.8) is 0 Å². The van der Waals surface area contributed by atoms with Gasteiger partial charge in [-0.15, -0.1) is 11.3 Å². The summed E-state index contributed by atoms with van der Waals surface area (Å²) in [5.41, 5.74) is 1.58. The van der Waals surface area contributed by atoms with E-state index in [4.69, 9.17) is 23.2 Å². The Bertz CT molecular complexity index is 876. The van der Waals surface area contributed by atoms with Gasteiger partial charge in [0.25, 0.3) is 0 Å². The van der Waals surface area contributed by atoms with Crippen molar-refractivity contribution in [2.75, 3.05) is 0 Å². The number of aryl methyl sites for hydroxylation is 2. The molecule has 2 heterocycles. The fraction of sp³-hybridized carbons (Fsp3) is 0.200. The number of nitrogens with zero attached hydrogens (tertiary/aromatic N) is 2. The summed E-state index contributed by atoms with van der Waals surface area (Å²) in [7, 11) is 0. The van der Waals surface area contributed by atoms with Crippen LogP contribution in [-0.4, -0.2) is 9.97 Å². The normalized spacial score (nSPS) is 13.9. The molecular formula is C15H9Cl2FN2S. The first-order valence-corrected chi connectivity index (χ1v) is 8.14. The van der Waals surface area contributed by atoms with Crippen LogP contribution in [0, 0.1) is 5.82 Å². The van der Waals surface area contributed by atoms with E-state index in [1.54, 1.807) is 23.5 Å². The summed E-state index contributed by atoms with van der Waals surface area (Å²) < 4.78 is 14.0. The number of rotatable bonds is 1. The van der Waals surface area contributed by atoms with Crippen LogP contribution in [0.4, 0.5) is 4.39 Å². The molecule has 0 unspecified atom stereocenters. The first-order valence-electron chi connectivity index (χ1n) is 6.56. The monoisotopic (exact) mass is 338 g/mol. The second kappa shape index (κ2) is 4.90. The molecule has 6 heteroatoms. The van der Waals surface area contributed by atoms with Gasteiger partial charge in [-0.25, -0.2) is 14.4 Å². The molecule has 3 aromatic rings. The third kappa shape index (κ3) is 2.13. The molecule has 0 saturated heterocycles. The second-order valence-corrected chi connectivity index (χ2v) is 6.88. The van der Waals surface area contributed by atoms with E-state index in [9.17, 15) is 4.39 Å². The number of thiophene rings is 1. The molecule has 0 aliphatic heterocycles. The van der Waals surface area contributed by atoms with Crippen molar-refractivity contribution in [2.45, 2.75) is 19.3 Å². The minimum atomic E-state index is -0.443. The van der Waals surface area contributed by atoms with Gasteiger partial charge in [0, 0.05) is 9.90 Å². The molecule has 1 aromatic carbocycles. The molecule has 0 atom stereocenters. The van der Waals surface area contributed by atoms with Gasteiger partial charge in [-0.05, 0) is 43.0 Å². The highest BCUT2D eigenvalue weighted by atomic mass is 35.5. The molecule has 21 heavy (non-hydrogen) atoms. The highest BCUT2D eigenvalue weighted by Crippen LogP contribution is 2.40. The summed E-state index contributed by atoms with van der Waals surface area (Å²) in [6, 6.07) is 4.46. The molecule has 0 spiro atoms. The Balaban J connectivity index is 1.95. The van der Waals surface area contributed by atoms with Crippen molar-refractivity contribution in [1.82, 2.24) is 9.97 Å². The van der Waals surface area contributed by atoms with E-state index in [0.29, 0.717) is 21.6 Å². The molecule has 0 radical (unpaired) electrons. The van der Waals surface area contributed by atoms with Crippen LogP contribution in [0.15, 0.2) is 18.2 Å². The molecule has 4 rings (SSSR count). The molecule has 106 valence electrons. The number of hydrogen-bond acceptors (Lipinski definition) is 3. The van der Waals surface area contributed by atoms with E-state index in [1.807, 2.05) is 0 Å². The molecule has 0 fully saturated rings. The van der Waals surface area contributed by atoms with Crippen LogP contribution in [0.3, 0.4) is 0 Å². The summed E-state index contributed by atoms with van der Waals surface area (Å²) in [4.78, 5) is 11.0. The van der Waals surface area contributed by atoms with E-state index in [2.05, 4.69) is 9.97 Å². The molecule has 0 N–H and O–H groups in total. The van der Waals surface area contributed by atoms with E-state index in [-0.39, 0.29) is 0 Å². The maximum absolute atomic E-state index is 14.0. The minimum Gasteiger partial charge on any atom is -0.217 e. The van der Waals surface area contributed by atoms with Gasteiger partial charge in [0.05, 0.1) is 10.9 Å². The maximum Gasteiger partial charge on any atom is 0.165 e. The van der Waals surface area contributed by atoms with Gasteiger partial charge in [-0.3, -0.25) is 0 Å². The molecule has 1 aliphatic rings. The Morgan fingerprint density at radius 1 is 1.14 bits per heavy atom. The molecule has 1 aliphatic carbocycles. The quantitative estimate of drug-likeness (QED) is 0.563. The zero-order valence-electron chi connectivity index (χ0n) is 10.8. The molecule has 0 saturated carbocycles. The third-order valence-electron chi connectivity index (χ3n) is 3.69. The summed E-state index contributed by atoms with van der Waals surface area (Å²) in [6.07, 6.45) is 3.24. The lowest BCUT2D eigenvalue weighted by atomic mass is 10.2. The predicted molar refractivity (Wildman–Crippen MR) is 84.9 cm³/mol. The third-order valence-corrected chi connectivity index (χ3v) is 5.39. The van der Waals surface area contributed by atoms with Crippen LogP contribution < -0.4 is 0 Å². The van der Waals surface area contributed by atoms with Gasteiger partial charge in [0.15, 0.2) is 5.82 Å². The fourth-order valence-corrected chi connectivity index (χ4v) is 4.50. The lowest BCUT2D eigenvalue weighted by molar-refractivity contribution is 0.630. The molecular weight excluding hydrogens is 330 g/mol. The van der Waals surface area contributed by atoms with Gasteiger partial charge in [-0.1, -0.05) is 23.2 Å². The number of benzene rings is 1. The van der Waals surface area contributed by atoms with Crippen molar-refractivity contribution < 1.29 is 4.39 Å². The highest BCUT2D eigenvalue weighted by Gasteiger charge is 2.22. The van der Waals surface area contributed by atoms with E-state index < -0.39 is 5.82 Å². The molecule has 0 amide bonds. The number of hydrogen-bond donors (Lipinski definition) is 0. The highest BCUT2D eigenvalue weighted by molar-refractivity contribution is 7.19. The average Bonchev–Trinajstić information content (AvgIpc) is 2.98. The molecule has 0 bridgehead atoms.